The lowest BCUT2D eigenvalue weighted by Crippen LogP contribution is -2.60. The highest BCUT2D eigenvalue weighted by Crippen LogP contribution is 2.38. The van der Waals surface area contributed by atoms with Gasteiger partial charge in [-0.15, -0.1) is 0 Å². The van der Waals surface area contributed by atoms with Crippen LogP contribution in [0, 0.1) is 5.41 Å². The van der Waals surface area contributed by atoms with E-state index >= 15 is 0 Å². The second-order valence-electron chi connectivity index (χ2n) is 6.82. The molecule has 2 nitrogen and oxygen atoms in total. The first-order chi connectivity index (χ1) is 8.44. The molecule has 1 rings (SSSR count). The van der Waals surface area contributed by atoms with Crippen molar-refractivity contribution in [2.45, 2.75) is 85.4 Å². The van der Waals surface area contributed by atoms with E-state index in [4.69, 9.17) is 0 Å². The molecule has 0 aliphatic heterocycles. The Bertz CT molecular complexity index is 235. The third-order valence-corrected chi connectivity index (χ3v) is 4.54. The number of rotatable bonds is 6. The van der Waals surface area contributed by atoms with Crippen molar-refractivity contribution in [1.82, 2.24) is 10.2 Å². The van der Waals surface area contributed by atoms with Crippen LogP contribution in [0.15, 0.2) is 0 Å². The lowest BCUT2D eigenvalue weighted by atomic mass is 9.70. The monoisotopic (exact) mass is 254 g/mol. The predicted molar refractivity (Wildman–Crippen MR) is 81.0 cm³/mol. The van der Waals surface area contributed by atoms with Gasteiger partial charge < -0.3 is 5.32 Å². The van der Waals surface area contributed by atoms with Gasteiger partial charge in [-0.1, -0.05) is 34.1 Å². The number of hydrogen-bond donors (Lipinski definition) is 1. The molecule has 1 saturated carbocycles. The van der Waals surface area contributed by atoms with Crippen molar-refractivity contribution in [1.29, 1.82) is 0 Å². The lowest BCUT2D eigenvalue weighted by molar-refractivity contribution is 0.0316. The van der Waals surface area contributed by atoms with Crippen molar-refractivity contribution in [3.8, 4) is 0 Å². The molecule has 0 saturated heterocycles. The molecule has 1 aliphatic carbocycles. The van der Waals surface area contributed by atoms with E-state index < -0.39 is 0 Å². The van der Waals surface area contributed by atoms with Crippen molar-refractivity contribution in [2.75, 3.05) is 13.1 Å². The molecule has 108 valence electrons. The van der Waals surface area contributed by atoms with Crippen LogP contribution in [-0.2, 0) is 0 Å². The van der Waals surface area contributed by atoms with Crippen LogP contribution in [0.25, 0.3) is 0 Å². The summed E-state index contributed by atoms with van der Waals surface area (Å²) in [5, 5.41) is 3.78. The molecular formula is C16H34N2. The van der Waals surface area contributed by atoms with E-state index in [-0.39, 0.29) is 0 Å². The van der Waals surface area contributed by atoms with Gasteiger partial charge in [0.15, 0.2) is 0 Å². The summed E-state index contributed by atoms with van der Waals surface area (Å²) >= 11 is 0. The Kier molecular flexibility index (Phi) is 6.13. The zero-order chi connectivity index (χ0) is 13.8. The minimum Gasteiger partial charge on any atom is -0.312 e. The van der Waals surface area contributed by atoms with Gasteiger partial charge in [0.05, 0.1) is 0 Å². The maximum atomic E-state index is 3.78. The molecule has 2 unspecified atom stereocenters. The van der Waals surface area contributed by atoms with Crippen LogP contribution in [0.2, 0.25) is 0 Å². The molecule has 0 bridgehead atoms. The van der Waals surface area contributed by atoms with E-state index in [2.05, 4.69) is 51.8 Å². The molecule has 1 N–H and O–H groups in total. The largest absolute Gasteiger partial charge is 0.312 e. The molecule has 2 atom stereocenters. The van der Waals surface area contributed by atoms with Crippen molar-refractivity contribution in [3.05, 3.63) is 0 Å². The first-order valence-corrected chi connectivity index (χ1v) is 7.93. The van der Waals surface area contributed by atoms with E-state index in [1.54, 1.807) is 0 Å². The normalized spacial score (nSPS) is 28.0. The molecule has 18 heavy (non-hydrogen) atoms. The highest BCUT2D eigenvalue weighted by Gasteiger charge is 2.41. The molecule has 0 radical (unpaired) electrons. The van der Waals surface area contributed by atoms with Crippen LogP contribution in [0.5, 0.6) is 0 Å². The van der Waals surface area contributed by atoms with Gasteiger partial charge in [-0.05, 0) is 51.6 Å². The van der Waals surface area contributed by atoms with E-state index in [1.807, 2.05) is 0 Å². The van der Waals surface area contributed by atoms with E-state index in [9.17, 15) is 0 Å². The van der Waals surface area contributed by atoms with Gasteiger partial charge in [0.1, 0.15) is 0 Å². The standard InChI is InChI=1S/C16H34N2/c1-7-12-18(13(3)4)14-10-9-11-16(5,6)15(14)17-8-2/h13-15,17H,7-12H2,1-6H3. The minimum atomic E-state index is 0.430. The predicted octanol–water partition coefficient (Wildman–Crippen LogP) is 3.66. The first-order valence-electron chi connectivity index (χ1n) is 7.93. The smallest absolute Gasteiger partial charge is 0.0274 e. The van der Waals surface area contributed by atoms with E-state index in [1.165, 1.54) is 32.2 Å². The third-order valence-electron chi connectivity index (χ3n) is 4.54. The number of nitrogens with one attached hydrogen (secondary N) is 1. The average Bonchev–Trinajstić information content (AvgIpc) is 2.28. The summed E-state index contributed by atoms with van der Waals surface area (Å²) in [7, 11) is 0. The zero-order valence-corrected chi connectivity index (χ0v) is 13.4. The minimum absolute atomic E-state index is 0.430. The van der Waals surface area contributed by atoms with Crippen molar-refractivity contribution in [2.24, 2.45) is 5.41 Å². The summed E-state index contributed by atoms with van der Waals surface area (Å²) < 4.78 is 0. The Morgan fingerprint density at radius 2 is 1.94 bits per heavy atom. The molecule has 2 heteroatoms. The van der Waals surface area contributed by atoms with Crippen molar-refractivity contribution in [3.63, 3.8) is 0 Å². The number of hydrogen-bond acceptors (Lipinski definition) is 2. The molecule has 1 aliphatic rings. The maximum absolute atomic E-state index is 3.78. The quantitative estimate of drug-likeness (QED) is 0.778. The van der Waals surface area contributed by atoms with E-state index in [0.29, 0.717) is 23.5 Å². The van der Waals surface area contributed by atoms with Crippen LogP contribution in [0.4, 0.5) is 0 Å². The van der Waals surface area contributed by atoms with Crippen LogP contribution in [-0.4, -0.2) is 36.1 Å². The Morgan fingerprint density at radius 3 is 2.44 bits per heavy atom. The molecule has 0 aromatic rings. The van der Waals surface area contributed by atoms with E-state index in [0.717, 1.165) is 6.54 Å². The third kappa shape index (κ3) is 3.71. The Balaban J connectivity index is 2.87. The Hall–Kier alpha value is -0.0800. The van der Waals surface area contributed by atoms with Crippen LogP contribution >= 0.6 is 0 Å². The topological polar surface area (TPSA) is 15.3 Å². The van der Waals surface area contributed by atoms with Crippen LogP contribution in [0.1, 0.15) is 67.2 Å². The van der Waals surface area contributed by atoms with Crippen LogP contribution in [0.3, 0.4) is 0 Å². The molecule has 0 aromatic heterocycles. The SMILES string of the molecule is CCCN(C(C)C)C1CCCC(C)(C)C1NCC. The fraction of sp³-hybridized carbons (Fsp3) is 1.00. The summed E-state index contributed by atoms with van der Waals surface area (Å²) in [5.41, 5.74) is 0.430. The fourth-order valence-electron chi connectivity index (χ4n) is 3.66. The molecule has 0 spiro atoms. The summed E-state index contributed by atoms with van der Waals surface area (Å²) in [4.78, 5) is 2.73. The number of nitrogens with zero attached hydrogens (tertiary/aromatic N) is 1. The van der Waals surface area contributed by atoms with Crippen molar-refractivity contribution >= 4 is 0 Å². The molecular weight excluding hydrogens is 220 g/mol. The summed E-state index contributed by atoms with van der Waals surface area (Å²) in [6, 6.07) is 2.02. The summed E-state index contributed by atoms with van der Waals surface area (Å²) in [6.45, 7) is 16.4. The van der Waals surface area contributed by atoms with Crippen LogP contribution < -0.4 is 5.32 Å². The van der Waals surface area contributed by atoms with Crippen molar-refractivity contribution < 1.29 is 0 Å². The summed E-state index contributed by atoms with van der Waals surface area (Å²) in [6.07, 6.45) is 5.36. The van der Waals surface area contributed by atoms with Gasteiger partial charge in [-0.3, -0.25) is 4.90 Å². The van der Waals surface area contributed by atoms with Gasteiger partial charge in [0, 0.05) is 18.1 Å². The maximum Gasteiger partial charge on any atom is 0.0274 e. The highest BCUT2D eigenvalue weighted by molar-refractivity contribution is 4.98. The molecule has 0 aromatic carbocycles. The Morgan fingerprint density at radius 1 is 1.28 bits per heavy atom. The van der Waals surface area contributed by atoms with Gasteiger partial charge >= 0.3 is 0 Å². The second kappa shape index (κ2) is 6.91. The molecule has 1 fully saturated rings. The molecule has 0 heterocycles. The van der Waals surface area contributed by atoms with Gasteiger partial charge in [0.2, 0.25) is 0 Å². The first kappa shape index (κ1) is 16.0. The molecule has 0 amide bonds. The van der Waals surface area contributed by atoms with Gasteiger partial charge in [-0.2, -0.15) is 0 Å². The highest BCUT2D eigenvalue weighted by atomic mass is 15.2. The van der Waals surface area contributed by atoms with Gasteiger partial charge in [0.25, 0.3) is 0 Å². The Labute approximate surface area is 115 Å². The fourth-order valence-corrected chi connectivity index (χ4v) is 3.66. The number of likely N-dealkylation sites (N-methyl/N-ethyl adjacent to an activating group) is 1. The second-order valence-corrected chi connectivity index (χ2v) is 6.82. The zero-order valence-electron chi connectivity index (χ0n) is 13.4. The average molecular weight is 254 g/mol. The summed E-state index contributed by atoms with van der Waals surface area (Å²) in [5.74, 6) is 0. The lowest BCUT2D eigenvalue weighted by Gasteiger charge is -2.50. The van der Waals surface area contributed by atoms with Gasteiger partial charge in [-0.25, -0.2) is 0 Å².